The molecule has 0 saturated carbocycles. The van der Waals surface area contributed by atoms with Crippen molar-refractivity contribution in [1.82, 2.24) is 5.32 Å². The van der Waals surface area contributed by atoms with Crippen LogP contribution in [0.2, 0.25) is 0 Å². The van der Waals surface area contributed by atoms with Gasteiger partial charge >= 0.3 is 5.97 Å². The lowest BCUT2D eigenvalue weighted by atomic mass is 10.2. The van der Waals surface area contributed by atoms with Crippen LogP contribution in [0.25, 0.3) is 0 Å². The maximum absolute atomic E-state index is 11.9. The molecule has 7 heteroatoms. The summed E-state index contributed by atoms with van der Waals surface area (Å²) in [5.74, 6) is -0.284. The number of amides is 1. The molecule has 1 aromatic heterocycles. The minimum Gasteiger partial charge on any atom is -0.495 e. The zero-order valence-corrected chi connectivity index (χ0v) is 11.8. The number of rotatable bonds is 7. The van der Waals surface area contributed by atoms with Crippen molar-refractivity contribution in [1.29, 1.82) is 0 Å². The monoisotopic (exact) mass is 289 g/mol. The Kier molecular flexibility index (Phi) is 6.00. The van der Waals surface area contributed by atoms with Crippen LogP contribution in [0.3, 0.4) is 0 Å². The summed E-state index contributed by atoms with van der Waals surface area (Å²) in [5.41, 5.74) is 0. The van der Waals surface area contributed by atoms with E-state index in [-0.39, 0.29) is 0 Å². The van der Waals surface area contributed by atoms with Gasteiger partial charge in [-0.2, -0.15) is 11.8 Å². The zero-order chi connectivity index (χ0) is 13.5. The van der Waals surface area contributed by atoms with Gasteiger partial charge in [0.15, 0.2) is 0 Å². The summed E-state index contributed by atoms with van der Waals surface area (Å²) in [6.45, 7) is 0. The lowest BCUT2D eigenvalue weighted by Crippen LogP contribution is -2.41. The molecule has 18 heavy (non-hydrogen) atoms. The van der Waals surface area contributed by atoms with E-state index in [1.165, 1.54) is 18.4 Å². The number of thioether (sulfide) groups is 1. The molecule has 0 saturated heterocycles. The highest BCUT2D eigenvalue weighted by Crippen LogP contribution is 2.24. The van der Waals surface area contributed by atoms with Crippen molar-refractivity contribution in [2.45, 2.75) is 12.5 Å². The predicted molar refractivity (Wildman–Crippen MR) is 72.8 cm³/mol. The van der Waals surface area contributed by atoms with E-state index in [9.17, 15) is 9.59 Å². The first kappa shape index (κ1) is 14.8. The molecule has 0 unspecified atom stereocenters. The van der Waals surface area contributed by atoms with Crippen molar-refractivity contribution in [3.05, 3.63) is 16.3 Å². The van der Waals surface area contributed by atoms with E-state index in [1.807, 2.05) is 6.26 Å². The van der Waals surface area contributed by atoms with Gasteiger partial charge in [-0.1, -0.05) is 0 Å². The lowest BCUT2D eigenvalue weighted by Gasteiger charge is -2.13. The number of ether oxygens (including phenoxy) is 1. The summed E-state index contributed by atoms with van der Waals surface area (Å²) in [5, 5.41) is 13.3. The Balaban J connectivity index is 2.69. The van der Waals surface area contributed by atoms with Gasteiger partial charge in [0, 0.05) is 0 Å². The van der Waals surface area contributed by atoms with Gasteiger partial charge in [0.1, 0.15) is 16.7 Å². The van der Waals surface area contributed by atoms with Crippen molar-refractivity contribution in [2.24, 2.45) is 0 Å². The third kappa shape index (κ3) is 3.92. The molecule has 0 fully saturated rings. The molecule has 5 nitrogen and oxygen atoms in total. The molecule has 1 heterocycles. The lowest BCUT2D eigenvalue weighted by molar-refractivity contribution is -0.139. The number of carbonyl (C=O) groups is 2. The van der Waals surface area contributed by atoms with Gasteiger partial charge in [0.05, 0.1) is 7.11 Å². The van der Waals surface area contributed by atoms with Crippen LogP contribution in [-0.4, -0.2) is 42.1 Å². The largest absolute Gasteiger partial charge is 0.495 e. The van der Waals surface area contributed by atoms with Crippen molar-refractivity contribution in [3.63, 3.8) is 0 Å². The number of thiophene rings is 1. The molecule has 1 aromatic rings. The molecule has 1 atom stereocenters. The third-order valence-electron chi connectivity index (χ3n) is 2.27. The summed E-state index contributed by atoms with van der Waals surface area (Å²) in [6, 6.07) is 0.814. The summed E-state index contributed by atoms with van der Waals surface area (Å²) < 4.78 is 5.03. The average molecular weight is 289 g/mol. The van der Waals surface area contributed by atoms with Crippen molar-refractivity contribution in [2.75, 3.05) is 19.1 Å². The van der Waals surface area contributed by atoms with Crippen molar-refractivity contribution < 1.29 is 19.4 Å². The molecule has 0 radical (unpaired) electrons. The molecule has 1 amide bonds. The van der Waals surface area contributed by atoms with E-state index in [2.05, 4.69) is 5.32 Å². The SMILES string of the molecule is COc1ccsc1C(=O)N[C@H](CCSC)C(=O)O. The molecule has 0 bridgehead atoms. The number of methoxy groups -OCH3 is 1. The third-order valence-corrected chi connectivity index (χ3v) is 3.81. The second-order valence-electron chi connectivity index (χ2n) is 3.46. The molecule has 1 rings (SSSR count). The molecule has 100 valence electrons. The molecule has 2 N–H and O–H groups in total. The van der Waals surface area contributed by atoms with Gasteiger partial charge < -0.3 is 15.2 Å². The van der Waals surface area contributed by atoms with E-state index in [1.54, 1.807) is 23.2 Å². The number of hydrogen-bond donors (Lipinski definition) is 2. The number of carbonyl (C=O) groups excluding carboxylic acids is 1. The Hall–Kier alpha value is -1.21. The molecular formula is C11H15NO4S2. The smallest absolute Gasteiger partial charge is 0.326 e. The van der Waals surface area contributed by atoms with Crippen molar-refractivity contribution >= 4 is 35.0 Å². The number of aliphatic carboxylic acids is 1. The van der Waals surface area contributed by atoms with Crippen LogP contribution < -0.4 is 10.1 Å². The number of carboxylic acids is 1. The van der Waals surface area contributed by atoms with Gasteiger partial charge in [-0.05, 0) is 29.9 Å². The molecule has 0 spiro atoms. The molecule has 0 aliphatic rings. The minimum atomic E-state index is -1.02. The Bertz CT molecular complexity index is 419. The van der Waals surface area contributed by atoms with E-state index >= 15 is 0 Å². The van der Waals surface area contributed by atoms with Crippen LogP contribution in [0.15, 0.2) is 11.4 Å². The van der Waals surface area contributed by atoms with E-state index in [0.717, 1.165) is 0 Å². The second kappa shape index (κ2) is 7.27. The maximum atomic E-state index is 11.9. The fraction of sp³-hybridized carbons (Fsp3) is 0.455. The van der Waals surface area contributed by atoms with Crippen molar-refractivity contribution in [3.8, 4) is 5.75 Å². The summed E-state index contributed by atoms with van der Waals surface area (Å²) >= 11 is 2.77. The van der Waals surface area contributed by atoms with E-state index in [4.69, 9.17) is 9.84 Å². The maximum Gasteiger partial charge on any atom is 0.326 e. The van der Waals surface area contributed by atoms with Gasteiger partial charge in [-0.3, -0.25) is 4.79 Å². The highest BCUT2D eigenvalue weighted by molar-refractivity contribution is 7.98. The highest BCUT2D eigenvalue weighted by Gasteiger charge is 2.22. The first-order chi connectivity index (χ1) is 8.60. The first-order valence-electron chi connectivity index (χ1n) is 5.24. The number of hydrogen-bond acceptors (Lipinski definition) is 5. The number of nitrogens with one attached hydrogen (secondary N) is 1. The average Bonchev–Trinajstić information content (AvgIpc) is 2.82. The molecule has 0 aliphatic carbocycles. The number of carboxylic acid groups (broad SMARTS) is 1. The van der Waals surface area contributed by atoms with Gasteiger partial charge in [0.2, 0.25) is 0 Å². The fourth-order valence-corrected chi connectivity index (χ4v) is 2.57. The normalized spacial score (nSPS) is 11.9. The van der Waals surface area contributed by atoms with Crippen LogP contribution >= 0.6 is 23.1 Å². The molecule has 0 aliphatic heterocycles. The molecule has 0 aromatic carbocycles. The van der Waals surface area contributed by atoms with Crippen LogP contribution in [0.4, 0.5) is 0 Å². The van der Waals surface area contributed by atoms with Crippen LogP contribution in [0, 0.1) is 0 Å². The van der Waals surface area contributed by atoms with Gasteiger partial charge in [0.25, 0.3) is 5.91 Å². The van der Waals surface area contributed by atoms with Crippen LogP contribution in [0.5, 0.6) is 5.75 Å². The van der Waals surface area contributed by atoms with Crippen LogP contribution in [-0.2, 0) is 4.79 Å². The Morgan fingerprint density at radius 3 is 2.89 bits per heavy atom. The van der Waals surface area contributed by atoms with E-state index < -0.39 is 17.9 Å². The minimum absolute atomic E-state index is 0.396. The van der Waals surface area contributed by atoms with Crippen LogP contribution in [0.1, 0.15) is 16.1 Å². The molecular weight excluding hydrogens is 274 g/mol. The fourth-order valence-electron chi connectivity index (χ4n) is 1.34. The zero-order valence-electron chi connectivity index (χ0n) is 10.1. The second-order valence-corrected chi connectivity index (χ2v) is 5.37. The summed E-state index contributed by atoms with van der Waals surface area (Å²) in [7, 11) is 1.47. The van der Waals surface area contributed by atoms with Gasteiger partial charge in [-0.25, -0.2) is 4.79 Å². The summed E-state index contributed by atoms with van der Waals surface area (Å²) in [6.07, 6.45) is 2.29. The Labute approximate surface area is 114 Å². The topological polar surface area (TPSA) is 75.6 Å². The quantitative estimate of drug-likeness (QED) is 0.799. The first-order valence-corrected chi connectivity index (χ1v) is 7.51. The Morgan fingerprint density at radius 1 is 1.61 bits per heavy atom. The predicted octanol–water partition coefficient (Wildman–Crippen LogP) is 1.69. The van der Waals surface area contributed by atoms with Gasteiger partial charge in [-0.15, -0.1) is 11.3 Å². The highest BCUT2D eigenvalue weighted by atomic mass is 32.2. The standard InChI is InChI=1S/C11H15NO4S2/c1-16-8-4-6-18-9(8)10(13)12-7(11(14)15)3-5-17-2/h4,6-7H,3,5H2,1-2H3,(H,12,13)(H,14,15)/t7-/m1/s1. The summed E-state index contributed by atoms with van der Waals surface area (Å²) in [4.78, 5) is 23.3. The Morgan fingerprint density at radius 2 is 2.33 bits per heavy atom. The van der Waals surface area contributed by atoms with E-state index in [0.29, 0.717) is 22.8 Å².